The lowest BCUT2D eigenvalue weighted by Gasteiger charge is -2.10. The Balaban J connectivity index is 2.02. The van der Waals surface area contributed by atoms with Gasteiger partial charge in [0, 0.05) is 4.88 Å². The number of esters is 1. The molecular weight excluding hydrogens is 324 g/mol. The summed E-state index contributed by atoms with van der Waals surface area (Å²) in [5.41, 5.74) is 2.40. The van der Waals surface area contributed by atoms with Crippen molar-refractivity contribution in [1.29, 1.82) is 0 Å². The quantitative estimate of drug-likeness (QED) is 0.686. The first-order valence-corrected chi connectivity index (χ1v) is 8.38. The molecule has 5 nitrogen and oxygen atoms in total. The molecule has 0 aliphatic rings. The van der Waals surface area contributed by atoms with E-state index in [1.54, 1.807) is 28.0 Å². The van der Waals surface area contributed by atoms with Crippen LogP contribution in [0.4, 0.5) is 0 Å². The van der Waals surface area contributed by atoms with Gasteiger partial charge in [-0.3, -0.25) is 9.36 Å². The first-order valence-electron chi connectivity index (χ1n) is 7.56. The summed E-state index contributed by atoms with van der Waals surface area (Å²) >= 11 is 1.55. The highest BCUT2D eigenvalue weighted by molar-refractivity contribution is 7.18. The van der Waals surface area contributed by atoms with E-state index in [9.17, 15) is 9.59 Å². The Morgan fingerprint density at radius 1 is 1.21 bits per heavy atom. The zero-order valence-electron chi connectivity index (χ0n) is 14.0. The number of aryl methyl sites for hydroxylation is 3. The monoisotopic (exact) mass is 342 g/mol. The molecule has 2 heterocycles. The highest BCUT2D eigenvalue weighted by Gasteiger charge is 2.15. The zero-order chi connectivity index (χ0) is 17.4. The van der Waals surface area contributed by atoms with Crippen molar-refractivity contribution in [2.75, 3.05) is 7.11 Å². The number of hydrogen-bond acceptors (Lipinski definition) is 5. The minimum absolute atomic E-state index is 0.0172. The van der Waals surface area contributed by atoms with Crippen LogP contribution < -0.4 is 5.56 Å². The number of nitrogens with zero attached hydrogens (tertiary/aromatic N) is 2. The number of rotatable bonds is 3. The summed E-state index contributed by atoms with van der Waals surface area (Å²) in [5, 5.41) is 0.703. The molecule has 0 fully saturated rings. The molecule has 0 spiro atoms. The van der Waals surface area contributed by atoms with Crippen LogP contribution in [0.15, 0.2) is 29.1 Å². The van der Waals surface area contributed by atoms with Gasteiger partial charge in [0.2, 0.25) is 0 Å². The minimum atomic E-state index is -0.373. The van der Waals surface area contributed by atoms with Gasteiger partial charge in [-0.25, -0.2) is 9.78 Å². The fraction of sp³-hybridized carbons (Fsp3) is 0.278. The second kappa shape index (κ2) is 6.20. The highest BCUT2D eigenvalue weighted by atomic mass is 32.1. The molecule has 0 unspecified atom stereocenters. The maximum absolute atomic E-state index is 12.9. The maximum Gasteiger partial charge on any atom is 0.337 e. The van der Waals surface area contributed by atoms with E-state index in [1.165, 1.54) is 7.11 Å². The number of benzene rings is 1. The summed E-state index contributed by atoms with van der Waals surface area (Å²) in [6, 6.07) is 7.06. The van der Waals surface area contributed by atoms with Gasteiger partial charge in [-0.15, -0.1) is 11.3 Å². The van der Waals surface area contributed by atoms with E-state index in [0.29, 0.717) is 23.3 Å². The Bertz CT molecular complexity index is 984. The van der Waals surface area contributed by atoms with Crippen molar-refractivity contribution >= 4 is 27.5 Å². The molecule has 6 heteroatoms. The first kappa shape index (κ1) is 16.4. The Hall–Kier alpha value is -2.47. The first-order chi connectivity index (χ1) is 11.4. The average Bonchev–Trinajstić information content (AvgIpc) is 2.85. The van der Waals surface area contributed by atoms with Gasteiger partial charge in [0.1, 0.15) is 10.7 Å². The molecule has 0 saturated carbocycles. The smallest absolute Gasteiger partial charge is 0.337 e. The van der Waals surface area contributed by atoms with E-state index in [1.807, 2.05) is 32.9 Å². The van der Waals surface area contributed by atoms with Crippen molar-refractivity contribution < 1.29 is 9.53 Å². The fourth-order valence-electron chi connectivity index (χ4n) is 2.66. The van der Waals surface area contributed by atoms with E-state index in [2.05, 4.69) is 4.98 Å². The maximum atomic E-state index is 12.9. The topological polar surface area (TPSA) is 61.2 Å². The summed E-state index contributed by atoms with van der Waals surface area (Å²) in [6.07, 6.45) is 0. The van der Waals surface area contributed by atoms with Crippen molar-refractivity contribution in [3.63, 3.8) is 0 Å². The lowest BCUT2D eigenvalue weighted by Crippen LogP contribution is -2.24. The Morgan fingerprint density at radius 3 is 2.50 bits per heavy atom. The minimum Gasteiger partial charge on any atom is -0.465 e. The van der Waals surface area contributed by atoms with Crippen LogP contribution >= 0.6 is 11.3 Å². The van der Waals surface area contributed by atoms with Gasteiger partial charge in [-0.1, -0.05) is 12.1 Å². The third-order valence-corrected chi connectivity index (χ3v) is 5.30. The summed E-state index contributed by atoms with van der Waals surface area (Å²) in [7, 11) is 1.35. The molecule has 0 amide bonds. The molecule has 1 aromatic carbocycles. The van der Waals surface area contributed by atoms with Gasteiger partial charge in [0.25, 0.3) is 5.56 Å². The molecule has 2 aromatic heterocycles. The van der Waals surface area contributed by atoms with Gasteiger partial charge in [-0.05, 0) is 44.0 Å². The van der Waals surface area contributed by atoms with Gasteiger partial charge in [0.15, 0.2) is 0 Å². The Kier molecular flexibility index (Phi) is 4.24. The summed E-state index contributed by atoms with van der Waals surface area (Å²) in [4.78, 5) is 30.9. The van der Waals surface area contributed by atoms with Gasteiger partial charge >= 0.3 is 5.97 Å². The molecule has 0 saturated heterocycles. The molecule has 3 rings (SSSR count). The highest BCUT2D eigenvalue weighted by Crippen LogP contribution is 2.26. The number of carbonyl (C=O) groups is 1. The molecule has 0 radical (unpaired) electrons. The zero-order valence-corrected chi connectivity index (χ0v) is 14.9. The predicted octanol–water partition coefficient (Wildman–Crippen LogP) is 3.22. The SMILES string of the molecule is COC(=O)c1ccc(Cn2c(C)nc3sc(C)c(C)c3c2=O)cc1. The molecule has 3 aromatic rings. The lowest BCUT2D eigenvalue weighted by atomic mass is 10.1. The van der Waals surface area contributed by atoms with E-state index < -0.39 is 0 Å². The van der Waals surface area contributed by atoms with Crippen molar-refractivity contribution in [2.45, 2.75) is 27.3 Å². The van der Waals surface area contributed by atoms with Crippen LogP contribution in [0.25, 0.3) is 10.2 Å². The number of fused-ring (bicyclic) bond motifs is 1. The predicted molar refractivity (Wildman–Crippen MR) is 95.0 cm³/mol. The number of thiophene rings is 1. The van der Waals surface area contributed by atoms with Crippen molar-refractivity contribution in [3.05, 3.63) is 62.0 Å². The van der Waals surface area contributed by atoms with Crippen LogP contribution in [0, 0.1) is 20.8 Å². The molecule has 0 atom stereocenters. The summed E-state index contributed by atoms with van der Waals surface area (Å²) in [6.45, 7) is 6.23. The van der Waals surface area contributed by atoms with E-state index >= 15 is 0 Å². The normalized spacial score (nSPS) is 11.0. The van der Waals surface area contributed by atoms with Gasteiger partial charge in [-0.2, -0.15) is 0 Å². The van der Waals surface area contributed by atoms with E-state index in [0.717, 1.165) is 20.8 Å². The third-order valence-electron chi connectivity index (χ3n) is 4.20. The van der Waals surface area contributed by atoms with Crippen molar-refractivity contribution in [1.82, 2.24) is 9.55 Å². The second-order valence-corrected chi connectivity index (χ2v) is 6.91. The number of aromatic nitrogens is 2. The molecule has 0 bridgehead atoms. The third kappa shape index (κ3) is 2.73. The largest absolute Gasteiger partial charge is 0.465 e. The fourth-order valence-corrected chi connectivity index (χ4v) is 3.73. The summed E-state index contributed by atoms with van der Waals surface area (Å²) < 4.78 is 6.37. The van der Waals surface area contributed by atoms with Crippen LogP contribution in [0.2, 0.25) is 0 Å². The van der Waals surface area contributed by atoms with Crippen molar-refractivity contribution in [3.8, 4) is 0 Å². The van der Waals surface area contributed by atoms with E-state index in [-0.39, 0.29) is 11.5 Å². The van der Waals surface area contributed by atoms with Crippen LogP contribution in [-0.2, 0) is 11.3 Å². The van der Waals surface area contributed by atoms with Gasteiger partial charge < -0.3 is 4.74 Å². The summed E-state index contributed by atoms with van der Waals surface area (Å²) in [5.74, 6) is 0.313. The van der Waals surface area contributed by atoms with Crippen molar-refractivity contribution in [2.24, 2.45) is 0 Å². The second-order valence-electron chi connectivity index (χ2n) is 5.70. The Morgan fingerprint density at radius 2 is 1.88 bits per heavy atom. The Labute approximate surface area is 143 Å². The molecular formula is C18H18N2O3S. The van der Waals surface area contributed by atoms with Gasteiger partial charge in [0.05, 0.1) is 24.6 Å². The number of ether oxygens (including phenoxy) is 1. The lowest BCUT2D eigenvalue weighted by molar-refractivity contribution is 0.0600. The van der Waals surface area contributed by atoms with Crippen LogP contribution in [0.3, 0.4) is 0 Å². The molecule has 0 aliphatic heterocycles. The number of methoxy groups -OCH3 is 1. The molecule has 0 aliphatic carbocycles. The average molecular weight is 342 g/mol. The van der Waals surface area contributed by atoms with E-state index in [4.69, 9.17) is 4.74 Å². The standard InChI is InChI=1S/C18H18N2O3S/c1-10-11(2)24-16-15(10)17(21)20(12(3)19-16)9-13-5-7-14(8-6-13)18(22)23-4/h5-8H,9H2,1-4H3. The van der Waals surface area contributed by atoms with Crippen LogP contribution in [-0.4, -0.2) is 22.6 Å². The number of carbonyl (C=O) groups excluding carboxylic acids is 1. The number of hydrogen-bond donors (Lipinski definition) is 0. The van der Waals surface area contributed by atoms with Crippen LogP contribution in [0.5, 0.6) is 0 Å². The molecule has 124 valence electrons. The molecule has 0 N–H and O–H groups in total. The van der Waals surface area contributed by atoms with Crippen LogP contribution in [0.1, 0.15) is 32.2 Å². The molecule has 24 heavy (non-hydrogen) atoms.